The lowest BCUT2D eigenvalue weighted by molar-refractivity contribution is 0.134. The molecule has 5 nitrogen and oxygen atoms in total. The Morgan fingerprint density at radius 1 is 1.10 bits per heavy atom. The summed E-state index contributed by atoms with van der Waals surface area (Å²) >= 11 is 0. The lowest BCUT2D eigenvalue weighted by atomic mass is 10.1. The lowest BCUT2D eigenvalue weighted by Crippen LogP contribution is -1.91. The number of aromatic nitrogens is 3. The molecule has 1 aliphatic heterocycles. The summed E-state index contributed by atoms with van der Waals surface area (Å²) in [6.07, 6.45) is 1.83. The summed E-state index contributed by atoms with van der Waals surface area (Å²) < 4.78 is 7.31. The molecule has 5 heteroatoms. The van der Waals surface area contributed by atoms with Crippen LogP contribution in [0.25, 0.3) is 17.0 Å². The smallest absolute Gasteiger partial charge is 0.168 e. The van der Waals surface area contributed by atoms with Crippen molar-refractivity contribution in [1.29, 1.82) is 5.26 Å². The zero-order valence-corrected chi connectivity index (χ0v) is 10.6. The molecule has 0 saturated carbocycles. The Balaban J connectivity index is 1.88. The zero-order valence-electron chi connectivity index (χ0n) is 10.6. The molecule has 2 aromatic heterocycles. The number of nitriles is 1. The Hall–Kier alpha value is -2.71. The van der Waals surface area contributed by atoms with Gasteiger partial charge in [-0.05, 0) is 23.3 Å². The van der Waals surface area contributed by atoms with Crippen LogP contribution in [0.4, 0.5) is 0 Å². The number of rotatable bonds is 1. The van der Waals surface area contributed by atoms with Crippen LogP contribution >= 0.6 is 0 Å². The number of nitrogens with zero attached hydrogens (tertiary/aromatic N) is 4. The van der Waals surface area contributed by atoms with Crippen LogP contribution in [0.2, 0.25) is 0 Å². The SMILES string of the molecule is N#Cc1ccn2c(-c3ccc4c(c3)COC4)nnc2c1. The minimum absolute atomic E-state index is 0.582. The fourth-order valence-electron chi connectivity index (χ4n) is 2.47. The average Bonchev–Trinajstić information content (AvgIpc) is 3.11. The normalized spacial score (nSPS) is 13.3. The molecule has 0 spiro atoms. The van der Waals surface area contributed by atoms with E-state index < -0.39 is 0 Å². The topological polar surface area (TPSA) is 63.2 Å². The number of hydrogen-bond acceptors (Lipinski definition) is 4. The number of pyridine rings is 1. The number of benzene rings is 1. The first kappa shape index (κ1) is 11.1. The molecule has 0 radical (unpaired) electrons. The van der Waals surface area contributed by atoms with E-state index in [1.165, 1.54) is 11.1 Å². The van der Waals surface area contributed by atoms with Gasteiger partial charge in [-0.1, -0.05) is 12.1 Å². The molecule has 0 bridgehead atoms. The van der Waals surface area contributed by atoms with Gasteiger partial charge >= 0.3 is 0 Å². The third-order valence-corrected chi connectivity index (χ3v) is 3.52. The maximum Gasteiger partial charge on any atom is 0.168 e. The molecular formula is C15H10N4O. The largest absolute Gasteiger partial charge is 0.372 e. The first-order valence-corrected chi connectivity index (χ1v) is 6.30. The average molecular weight is 262 g/mol. The molecule has 0 unspecified atom stereocenters. The Kier molecular flexibility index (Phi) is 2.31. The van der Waals surface area contributed by atoms with Gasteiger partial charge in [-0.25, -0.2) is 0 Å². The van der Waals surface area contributed by atoms with Crippen molar-refractivity contribution in [3.05, 3.63) is 53.2 Å². The summed E-state index contributed by atoms with van der Waals surface area (Å²) in [7, 11) is 0. The van der Waals surface area contributed by atoms with Crippen LogP contribution in [-0.2, 0) is 18.0 Å². The maximum atomic E-state index is 8.91. The van der Waals surface area contributed by atoms with Gasteiger partial charge in [0.15, 0.2) is 11.5 Å². The van der Waals surface area contributed by atoms with Crippen molar-refractivity contribution in [2.24, 2.45) is 0 Å². The number of hydrogen-bond donors (Lipinski definition) is 0. The van der Waals surface area contributed by atoms with E-state index in [2.05, 4.69) is 28.4 Å². The van der Waals surface area contributed by atoms with Gasteiger partial charge in [0.2, 0.25) is 0 Å². The highest BCUT2D eigenvalue weighted by Crippen LogP contribution is 2.26. The van der Waals surface area contributed by atoms with E-state index in [0.717, 1.165) is 11.4 Å². The third-order valence-electron chi connectivity index (χ3n) is 3.52. The van der Waals surface area contributed by atoms with Crippen molar-refractivity contribution in [2.45, 2.75) is 13.2 Å². The van der Waals surface area contributed by atoms with Gasteiger partial charge in [-0.15, -0.1) is 10.2 Å². The fraction of sp³-hybridized carbons (Fsp3) is 0.133. The second-order valence-corrected chi connectivity index (χ2v) is 4.76. The van der Waals surface area contributed by atoms with Gasteiger partial charge in [-0.3, -0.25) is 4.40 Å². The number of fused-ring (bicyclic) bond motifs is 2. The molecule has 96 valence electrons. The minimum Gasteiger partial charge on any atom is -0.372 e. The summed E-state index contributed by atoms with van der Waals surface area (Å²) in [6, 6.07) is 11.8. The zero-order chi connectivity index (χ0) is 13.5. The highest BCUT2D eigenvalue weighted by Gasteiger charge is 2.14. The van der Waals surface area contributed by atoms with Crippen molar-refractivity contribution in [3.63, 3.8) is 0 Å². The fourth-order valence-corrected chi connectivity index (χ4v) is 2.47. The predicted molar refractivity (Wildman–Crippen MR) is 71.6 cm³/mol. The lowest BCUT2D eigenvalue weighted by Gasteiger charge is -2.02. The second-order valence-electron chi connectivity index (χ2n) is 4.76. The minimum atomic E-state index is 0.582. The molecule has 0 aliphatic carbocycles. The van der Waals surface area contributed by atoms with E-state index in [0.29, 0.717) is 24.4 Å². The van der Waals surface area contributed by atoms with Crippen molar-refractivity contribution >= 4 is 5.65 Å². The molecule has 0 atom stereocenters. The molecule has 0 saturated heterocycles. The molecule has 1 aliphatic rings. The molecular weight excluding hydrogens is 252 g/mol. The Morgan fingerprint density at radius 3 is 2.90 bits per heavy atom. The van der Waals surface area contributed by atoms with Crippen LogP contribution in [0.3, 0.4) is 0 Å². The summed E-state index contributed by atoms with van der Waals surface area (Å²) in [4.78, 5) is 0. The highest BCUT2D eigenvalue weighted by atomic mass is 16.5. The van der Waals surface area contributed by atoms with Crippen LogP contribution in [0.15, 0.2) is 36.5 Å². The summed E-state index contributed by atoms with van der Waals surface area (Å²) in [5.74, 6) is 0.777. The van der Waals surface area contributed by atoms with Crippen LogP contribution in [0, 0.1) is 11.3 Å². The van der Waals surface area contributed by atoms with Crippen molar-refractivity contribution in [1.82, 2.24) is 14.6 Å². The molecule has 1 aromatic carbocycles. The van der Waals surface area contributed by atoms with E-state index in [9.17, 15) is 0 Å². The molecule has 3 heterocycles. The van der Waals surface area contributed by atoms with E-state index >= 15 is 0 Å². The summed E-state index contributed by atoms with van der Waals surface area (Å²) in [5, 5.41) is 17.3. The Bertz CT molecular complexity index is 860. The van der Waals surface area contributed by atoms with Crippen LogP contribution in [-0.4, -0.2) is 14.6 Å². The van der Waals surface area contributed by atoms with Crippen LogP contribution in [0.5, 0.6) is 0 Å². The summed E-state index contributed by atoms with van der Waals surface area (Å²) in [6.45, 7) is 1.33. The van der Waals surface area contributed by atoms with Gasteiger partial charge in [0.1, 0.15) is 0 Å². The molecule has 20 heavy (non-hydrogen) atoms. The van der Waals surface area contributed by atoms with E-state index in [-0.39, 0.29) is 0 Å². The van der Waals surface area contributed by atoms with Gasteiger partial charge in [0.05, 0.1) is 24.8 Å². The van der Waals surface area contributed by atoms with Gasteiger partial charge in [-0.2, -0.15) is 5.26 Å². The Morgan fingerprint density at radius 2 is 2.00 bits per heavy atom. The maximum absolute atomic E-state index is 8.91. The van der Waals surface area contributed by atoms with E-state index in [4.69, 9.17) is 10.00 Å². The second kappa shape index (κ2) is 4.15. The molecule has 0 N–H and O–H groups in total. The first-order chi connectivity index (χ1) is 9.85. The monoisotopic (exact) mass is 262 g/mol. The quantitative estimate of drug-likeness (QED) is 0.675. The van der Waals surface area contributed by atoms with Gasteiger partial charge in [0, 0.05) is 17.8 Å². The third kappa shape index (κ3) is 1.59. The first-order valence-electron chi connectivity index (χ1n) is 6.30. The molecule has 0 amide bonds. The van der Waals surface area contributed by atoms with Gasteiger partial charge < -0.3 is 4.74 Å². The van der Waals surface area contributed by atoms with Crippen molar-refractivity contribution in [2.75, 3.05) is 0 Å². The molecule has 3 aromatic rings. The van der Waals surface area contributed by atoms with E-state index in [1.54, 1.807) is 12.1 Å². The predicted octanol–water partition coefficient (Wildman–Crippen LogP) is 2.30. The summed E-state index contributed by atoms with van der Waals surface area (Å²) in [5.41, 5.74) is 4.70. The van der Waals surface area contributed by atoms with Crippen LogP contribution in [0.1, 0.15) is 16.7 Å². The standard InChI is InChI=1S/C15H10N4O/c16-7-10-3-4-19-14(5-10)17-18-15(19)11-1-2-12-8-20-9-13(12)6-11/h1-6H,8-9H2. The number of ether oxygens (including phenoxy) is 1. The van der Waals surface area contributed by atoms with Gasteiger partial charge in [0.25, 0.3) is 0 Å². The Labute approximate surface area is 115 Å². The van der Waals surface area contributed by atoms with E-state index in [1.807, 2.05) is 16.7 Å². The molecule has 0 fully saturated rings. The van der Waals surface area contributed by atoms with Crippen LogP contribution < -0.4 is 0 Å². The van der Waals surface area contributed by atoms with Crippen molar-refractivity contribution < 1.29 is 4.74 Å². The van der Waals surface area contributed by atoms with Crippen molar-refractivity contribution in [3.8, 4) is 17.5 Å². The highest BCUT2D eigenvalue weighted by molar-refractivity contribution is 5.62. The molecule has 4 rings (SSSR count).